The third-order valence-corrected chi connectivity index (χ3v) is 4.69. The number of amides is 2. The van der Waals surface area contributed by atoms with Crippen LogP contribution in [0.15, 0.2) is 55.4 Å². The molecule has 130 valence electrons. The molecule has 0 spiro atoms. The van der Waals surface area contributed by atoms with E-state index in [2.05, 4.69) is 17.0 Å². The zero-order chi connectivity index (χ0) is 17.9. The highest BCUT2D eigenvalue weighted by molar-refractivity contribution is 6.02. The van der Waals surface area contributed by atoms with Crippen LogP contribution in [0.4, 0.5) is 5.69 Å². The van der Waals surface area contributed by atoms with Gasteiger partial charge in [-0.2, -0.15) is 5.10 Å². The molecule has 0 bridgehead atoms. The van der Waals surface area contributed by atoms with Gasteiger partial charge in [0.2, 0.25) is 11.8 Å². The lowest BCUT2D eigenvalue weighted by atomic mass is 9.97. The van der Waals surface area contributed by atoms with E-state index in [9.17, 15) is 9.59 Å². The fraction of sp³-hybridized carbons (Fsp3) is 0.316. The quantitative estimate of drug-likeness (QED) is 0.852. The molecule has 6 nitrogen and oxygen atoms in total. The fourth-order valence-corrected chi connectivity index (χ4v) is 3.20. The third kappa shape index (κ3) is 3.47. The number of anilines is 1. The summed E-state index contributed by atoms with van der Waals surface area (Å²) in [5.74, 6) is -0.371. The molecule has 0 saturated carbocycles. The van der Waals surface area contributed by atoms with E-state index in [4.69, 9.17) is 0 Å². The van der Waals surface area contributed by atoms with Crippen LogP contribution in [0.2, 0.25) is 0 Å². The lowest BCUT2D eigenvalue weighted by molar-refractivity contribution is -0.138. The summed E-state index contributed by atoms with van der Waals surface area (Å²) in [6.45, 7) is 6.59. The number of hydrogen-bond donors (Lipinski definition) is 1. The van der Waals surface area contributed by atoms with Crippen molar-refractivity contribution in [1.29, 1.82) is 0 Å². The Morgan fingerprint density at radius 1 is 1.36 bits per heavy atom. The van der Waals surface area contributed by atoms with Gasteiger partial charge in [0.05, 0.1) is 6.54 Å². The van der Waals surface area contributed by atoms with E-state index >= 15 is 0 Å². The molecule has 1 unspecified atom stereocenters. The lowest BCUT2D eigenvalue weighted by Gasteiger charge is -2.33. The second-order valence-electron chi connectivity index (χ2n) is 6.43. The molecule has 1 aliphatic rings. The minimum absolute atomic E-state index is 0.167. The zero-order valence-electron chi connectivity index (χ0n) is 14.3. The number of likely N-dealkylation sites (tertiary alicyclic amines) is 1. The fourth-order valence-electron chi connectivity index (χ4n) is 3.20. The van der Waals surface area contributed by atoms with Crippen molar-refractivity contribution >= 4 is 17.5 Å². The molecule has 1 atom stereocenters. The van der Waals surface area contributed by atoms with Crippen molar-refractivity contribution in [1.82, 2.24) is 14.7 Å². The Labute approximate surface area is 147 Å². The Kier molecular flexibility index (Phi) is 4.70. The largest absolute Gasteiger partial charge is 0.325 e. The van der Waals surface area contributed by atoms with Gasteiger partial charge in [0.15, 0.2) is 0 Å². The monoisotopic (exact) mass is 338 g/mol. The molecule has 1 aliphatic heterocycles. The molecule has 0 radical (unpaired) electrons. The first-order valence-corrected chi connectivity index (χ1v) is 8.35. The number of rotatable bonds is 5. The maximum absolute atomic E-state index is 12.8. The van der Waals surface area contributed by atoms with E-state index in [-0.39, 0.29) is 11.8 Å². The number of hydrogen-bond acceptors (Lipinski definition) is 3. The molecule has 2 amide bonds. The van der Waals surface area contributed by atoms with Crippen molar-refractivity contribution in [2.24, 2.45) is 0 Å². The third-order valence-electron chi connectivity index (χ3n) is 4.69. The van der Waals surface area contributed by atoms with Gasteiger partial charge in [0.1, 0.15) is 5.54 Å². The molecule has 2 aromatic rings. The van der Waals surface area contributed by atoms with Gasteiger partial charge in [0.25, 0.3) is 0 Å². The van der Waals surface area contributed by atoms with Gasteiger partial charge < -0.3 is 10.2 Å². The molecule has 1 aromatic heterocycles. The normalized spacial score (nSPS) is 19.6. The van der Waals surface area contributed by atoms with Gasteiger partial charge in [-0.05, 0) is 49.6 Å². The van der Waals surface area contributed by atoms with Gasteiger partial charge in [-0.25, -0.2) is 0 Å². The summed E-state index contributed by atoms with van der Waals surface area (Å²) in [5.41, 5.74) is 0.976. The summed E-state index contributed by atoms with van der Waals surface area (Å²) in [6, 6.07) is 9.54. The second-order valence-corrected chi connectivity index (χ2v) is 6.43. The van der Waals surface area contributed by atoms with Crippen LogP contribution >= 0.6 is 0 Å². The van der Waals surface area contributed by atoms with Crippen molar-refractivity contribution < 1.29 is 9.59 Å². The van der Waals surface area contributed by atoms with Gasteiger partial charge in [-0.15, -0.1) is 0 Å². The Morgan fingerprint density at radius 3 is 2.76 bits per heavy atom. The first-order valence-electron chi connectivity index (χ1n) is 8.35. The van der Waals surface area contributed by atoms with Gasteiger partial charge in [-0.3, -0.25) is 14.3 Å². The molecule has 6 heteroatoms. The molecule has 0 aliphatic carbocycles. The predicted octanol–water partition coefficient (Wildman–Crippen LogP) is 2.44. The van der Waals surface area contributed by atoms with Crippen LogP contribution in [0.1, 0.15) is 25.3 Å². The molecule has 1 N–H and O–H groups in total. The maximum Gasteiger partial charge on any atom is 0.250 e. The highest BCUT2D eigenvalue weighted by atomic mass is 16.2. The SMILES string of the molecule is C=CC(=O)N1CCCC1(C)C(=O)Nc1ccc(Cn2cccn2)cc1. The number of benzene rings is 1. The van der Waals surface area contributed by atoms with E-state index < -0.39 is 5.54 Å². The molecule has 2 heterocycles. The summed E-state index contributed by atoms with van der Waals surface area (Å²) in [7, 11) is 0. The van der Waals surface area contributed by atoms with Gasteiger partial charge in [0, 0.05) is 24.6 Å². The first kappa shape index (κ1) is 17.0. The van der Waals surface area contributed by atoms with E-state index in [1.165, 1.54) is 6.08 Å². The lowest BCUT2D eigenvalue weighted by Crippen LogP contribution is -2.52. The van der Waals surface area contributed by atoms with Crippen molar-refractivity contribution in [3.05, 3.63) is 60.9 Å². The standard InChI is InChI=1S/C19H22N4O2/c1-3-17(24)23-13-4-10-19(23,2)18(25)21-16-8-6-15(7-9-16)14-22-12-5-11-20-22/h3,5-9,11-12H,1,4,10,13-14H2,2H3,(H,21,25). The highest BCUT2D eigenvalue weighted by Crippen LogP contribution is 2.30. The van der Waals surface area contributed by atoms with Crippen molar-refractivity contribution in [3.8, 4) is 0 Å². The Balaban J connectivity index is 1.68. The predicted molar refractivity (Wildman–Crippen MR) is 95.9 cm³/mol. The molecular weight excluding hydrogens is 316 g/mol. The zero-order valence-corrected chi connectivity index (χ0v) is 14.3. The van der Waals surface area contributed by atoms with Crippen LogP contribution in [0, 0.1) is 0 Å². The number of nitrogens with one attached hydrogen (secondary N) is 1. The molecule has 1 fully saturated rings. The topological polar surface area (TPSA) is 67.2 Å². The summed E-state index contributed by atoms with van der Waals surface area (Å²) >= 11 is 0. The first-order chi connectivity index (χ1) is 12.0. The van der Waals surface area contributed by atoms with Crippen LogP contribution < -0.4 is 5.32 Å². The van der Waals surface area contributed by atoms with Crippen molar-refractivity contribution in [3.63, 3.8) is 0 Å². The van der Waals surface area contributed by atoms with Gasteiger partial charge >= 0.3 is 0 Å². The molecule has 3 rings (SSSR count). The van der Waals surface area contributed by atoms with E-state index in [1.807, 2.05) is 48.1 Å². The van der Waals surface area contributed by atoms with Crippen LogP contribution in [0.25, 0.3) is 0 Å². The number of nitrogens with zero attached hydrogens (tertiary/aromatic N) is 3. The number of carbonyl (C=O) groups excluding carboxylic acids is 2. The van der Waals surface area contributed by atoms with Crippen LogP contribution in [0.3, 0.4) is 0 Å². The highest BCUT2D eigenvalue weighted by Gasteiger charge is 2.44. The number of carbonyl (C=O) groups is 2. The van der Waals surface area contributed by atoms with Crippen LogP contribution in [-0.2, 0) is 16.1 Å². The average Bonchev–Trinajstić information content (AvgIpc) is 3.26. The van der Waals surface area contributed by atoms with Gasteiger partial charge in [-0.1, -0.05) is 18.7 Å². The number of aromatic nitrogens is 2. The summed E-state index contributed by atoms with van der Waals surface area (Å²) in [4.78, 5) is 26.4. The second kappa shape index (κ2) is 6.93. The Bertz CT molecular complexity index is 767. The summed E-state index contributed by atoms with van der Waals surface area (Å²) < 4.78 is 1.84. The maximum atomic E-state index is 12.8. The smallest absolute Gasteiger partial charge is 0.250 e. The van der Waals surface area contributed by atoms with Crippen LogP contribution in [0.5, 0.6) is 0 Å². The van der Waals surface area contributed by atoms with E-state index in [0.717, 1.165) is 12.0 Å². The molecule has 25 heavy (non-hydrogen) atoms. The summed E-state index contributed by atoms with van der Waals surface area (Å²) in [6.07, 6.45) is 6.37. The van der Waals surface area contributed by atoms with Crippen LogP contribution in [-0.4, -0.2) is 38.6 Å². The van der Waals surface area contributed by atoms with E-state index in [0.29, 0.717) is 25.2 Å². The van der Waals surface area contributed by atoms with Crippen molar-refractivity contribution in [2.45, 2.75) is 31.8 Å². The molecule has 1 saturated heterocycles. The Morgan fingerprint density at radius 2 is 2.12 bits per heavy atom. The molecular formula is C19H22N4O2. The molecule has 1 aromatic carbocycles. The minimum Gasteiger partial charge on any atom is -0.325 e. The van der Waals surface area contributed by atoms with Crippen molar-refractivity contribution in [2.75, 3.05) is 11.9 Å². The van der Waals surface area contributed by atoms with E-state index in [1.54, 1.807) is 11.1 Å². The Hall–Kier alpha value is -2.89. The minimum atomic E-state index is -0.834. The average molecular weight is 338 g/mol. The summed E-state index contributed by atoms with van der Waals surface area (Å²) in [5, 5.41) is 7.11.